The Morgan fingerprint density at radius 1 is 1.15 bits per heavy atom. The van der Waals surface area contributed by atoms with Crippen LogP contribution in [0.2, 0.25) is 0 Å². The second-order valence-corrected chi connectivity index (χ2v) is 9.57. The molecule has 3 fully saturated rings. The van der Waals surface area contributed by atoms with Gasteiger partial charge < -0.3 is 10.2 Å². The van der Waals surface area contributed by atoms with Gasteiger partial charge in [0.1, 0.15) is 0 Å². The molecule has 7 atom stereocenters. The minimum atomic E-state index is -0.833. The number of nitriles is 1. The van der Waals surface area contributed by atoms with Crippen molar-refractivity contribution in [3.8, 4) is 6.07 Å². The average molecular weight is 360 g/mol. The van der Waals surface area contributed by atoms with E-state index in [4.69, 9.17) is 9.90 Å². The molecule has 0 unspecified atom stereocenters. The van der Waals surface area contributed by atoms with Crippen LogP contribution in [0.4, 0.5) is 0 Å². The van der Waals surface area contributed by atoms with E-state index < -0.39 is 5.97 Å². The Bertz CT molecular complexity index is 632. The lowest BCUT2D eigenvalue weighted by Gasteiger charge is -2.59. The van der Waals surface area contributed by atoms with Gasteiger partial charge in [0.05, 0.1) is 12.2 Å². The topological polar surface area (TPSA) is 81.3 Å². The van der Waals surface area contributed by atoms with Crippen molar-refractivity contribution in [3.05, 3.63) is 11.6 Å². The minimum absolute atomic E-state index is 0.0788. The first-order valence-electron chi connectivity index (χ1n) is 10.2. The van der Waals surface area contributed by atoms with E-state index in [1.165, 1.54) is 32.1 Å². The van der Waals surface area contributed by atoms with Gasteiger partial charge in [0, 0.05) is 12.5 Å². The van der Waals surface area contributed by atoms with E-state index in [-0.39, 0.29) is 11.5 Å². The summed E-state index contributed by atoms with van der Waals surface area (Å²) < 4.78 is 0. The highest BCUT2D eigenvalue weighted by Gasteiger charge is 2.59. The highest BCUT2D eigenvalue weighted by molar-refractivity contribution is 5.62. The SMILES string of the molecule is CC(=O)O.C[C@]12CC(C#N)=CC[C@@H]1CC[C@@H]1[C@@H]2CC[C@]2(C)[C@@H](O)CC[C@@H]12. The predicted molar refractivity (Wildman–Crippen MR) is 100 cm³/mol. The molecule has 0 bridgehead atoms. The lowest BCUT2D eigenvalue weighted by atomic mass is 9.45. The van der Waals surface area contributed by atoms with Gasteiger partial charge in [-0.3, -0.25) is 4.79 Å². The molecule has 0 radical (unpaired) electrons. The molecule has 2 N–H and O–H groups in total. The minimum Gasteiger partial charge on any atom is -0.481 e. The number of aliphatic hydroxyl groups excluding tert-OH is 1. The van der Waals surface area contributed by atoms with Crippen LogP contribution in [0.15, 0.2) is 11.6 Å². The molecule has 4 heteroatoms. The van der Waals surface area contributed by atoms with E-state index in [1.807, 2.05) is 0 Å². The first kappa shape index (κ1) is 19.4. The summed E-state index contributed by atoms with van der Waals surface area (Å²) in [7, 11) is 0. The quantitative estimate of drug-likeness (QED) is 0.665. The maximum atomic E-state index is 10.5. The van der Waals surface area contributed by atoms with Crippen molar-refractivity contribution in [1.29, 1.82) is 5.26 Å². The number of hydrogen-bond donors (Lipinski definition) is 2. The molecule has 0 amide bonds. The molecular formula is C22H33NO3. The van der Waals surface area contributed by atoms with Gasteiger partial charge in [0.2, 0.25) is 0 Å². The van der Waals surface area contributed by atoms with Crippen molar-refractivity contribution in [1.82, 2.24) is 0 Å². The summed E-state index contributed by atoms with van der Waals surface area (Å²) in [6, 6.07) is 2.44. The molecule has 0 saturated heterocycles. The molecule has 4 rings (SSSR count). The number of aliphatic carboxylic acids is 1. The maximum Gasteiger partial charge on any atom is 0.300 e. The van der Waals surface area contributed by atoms with Gasteiger partial charge in [0.25, 0.3) is 5.97 Å². The summed E-state index contributed by atoms with van der Waals surface area (Å²) in [5.74, 6) is 2.22. The molecule has 4 nitrogen and oxygen atoms in total. The summed E-state index contributed by atoms with van der Waals surface area (Å²) in [5, 5.41) is 27.3. The number of rotatable bonds is 0. The molecule has 4 aliphatic carbocycles. The van der Waals surface area contributed by atoms with Gasteiger partial charge in [-0.05, 0) is 85.9 Å². The van der Waals surface area contributed by atoms with Crippen LogP contribution in [0.25, 0.3) is 0 Å². The third kappa shape index (κ3) is 3.09. The summed E-state index contributed by atoms with van der Waals surface area (Å²) in [5.41, 5.74) is 1.53. The number of nitrogens with zero attached hydrogens (tertiary/aromatic N) is 1. The predicted octanol–water partition coefficient (Wildman–Crippen LogP) is 4.54. The Kier molecular flexibility index (Phi) is 5.23. The summed E-state index contributed by atoms with van der Waals surface area (Å²) >= 11 is 0. The number of carboxylic acids is 1. The van der Waals surface area contributed by atoms with Gasteiger partial charge in [-0.2, -0.15) is 5.26 Å². The zero-order valence-corrected chi connectivity index (χ0v) is 16.4. The van der Waals surface area contributed by atoms with E-state index in [2.05, 4.69) is 26.0 Å². The van der Waals surface area contributed by atoms with Crippen LogP contribution in [0.1, 0.15) is 72.1 Å². The zero-order valence-electron chi connectivity index (χ0n) is 16.4. The van der Waals surface area contributed by atoms with E-state index in [0.29, 0.717) is 5.41 Å². The fraction of sp³-hybridized carbons (Fsp3) is 0.818. The average Bonchev–Trinajstić information content (AvgIpc) is 2.88. The van der Waals surface area contributed by atoms with Crippen LogP contribution < -0.4 is 0 Å². The van der Waals surface area contributed by atoms with Crippen molar-refractivity contribution in [2.24, 2.45) is 34.5 Å². The zero-order chi connectivity index (χ0) is 19.1. The molecule has 0 heterocycles. The third-order valence-electron chi connectivity index (χ3n) is 8.38. The first-order valence-corrected chi connectivity index (χ1v) is 10.2. The highest BCUT2D eigenvalue weighted by atomic mass is 16.4. The number of aliphatic hydroxyl groups is 1. The van der Waals surface area contributed by atoms with E-state index in [1.54, 1.807) is 0 Å². The highest BCUT2D eigenvalue weighted by Crippen LogP contribution is 2.66. The number of fused-ring (bicyclic) bond motifs is 5. The number of carbonyl (C=O) groups is 1. The monoisotopic (exact) mass is 359 g/mol. The van der Waals surface area contributed by atoms with Gasteiger partial charge in [-0.1, -0.05) is 19.9 Å². The number of allylic oxidation sites excluding steroid dienone is 2. The van der Waals surface area contributed by atoms with Crippen LogP contribution >= 0.6 is 0 Å². The normalized spacial score (nSPS) is 46.4. The lowest BCUT2D eigenvalue weighted by molar-refractivity contribution is -0.134. The Morgan fingerprint density at radius 2 is 1.81 bits per heavy atom. The van der Waals surface area contributed by atoms with Crippen LogP contribution in [0.5, 0.6) is 0 Å². The molecule has 26 heavy (non-hydrogen) atoms. The summed E-state index contributed by atoms with van der Waals surface area (Å²) in [6.45, 7) is 5.91. The first-order chi connectivity index (χ1) is 12.2. The van der Waals surface area contributed by atoms with Crippen LogP contribution in [-0.2, 0) is 4.79 Å². The van der Waals surface area contributed by atoms with E-state index in [9.17, 15) is 10.4 Å². The fourth-order valence-corrected chi connectivity index (χ4v) is 7.02. The second-order valence-electron chi connectivity index (χ2n) is 9.57. The largest absolute Gasteiger partial charge is 0.481 e. The number of carboxylic acid groups (broad SMARTS) is 1. The Labute approximate surface area is 157 Å². The Balaban J connectivity index is 0.000000447. The van der Waals surface area contributed by atoms with Gasteiger partial charge in [0.15, 0.2) is 0 Å². The van der Waals surface area contributed by atoms with Crippen LogP contribution in [0.3, 0.4) is 0 Å². The molecule has 144 valence electrons. The van der Waals surface area contributed by atoms with Crippen molar-refractivity contribution in [2.75, 3.05) is 0 Å². The second kappa shape index (κ2) is 7.00. The molecule has 0 aromatic heterocycles. The molecule has 3 saturated carbocycles. The standard InChI is InChI=1S/C20H29NO.C2H4O2/c1-19-10-9-17-15(16(19)7-8-18(19)22)6-5-14-4-3-13(12-21)11-20(14,17)2;1-2(3)4/h3,14-18,22H,4-11H2,1-2H3;1H3,(H,3,4)/t14-,15+,16+,17+,18+,19+,20+;/m1./s1. The molecule has 0 aromatic carbocycles. The fourth-order valence-electron chi connectivity index (χ4n) is 7.02. The van der Waals surface area contributed by atoms with Crippen molar-refractivity contribution in [2.45, 2.75) is 78.2 Å². The smallest absolute Gasteiger partial charge is 0.300 e. The van der Waals surface area contributed by atoms with Crippen LogP contribution in [-0.4, -0.2) is 22.3 Å². The van der Waals surface area contributed by atoms with Gasteiger partial charge >= 0.3 is 0 Å². The van der Waals surface area contributed by atoms with Crippen molar-refractivity contribution >= 4 is 5.97 Å². The van der Waals surface area contributed by atoms with Gasteiger partial charge in [-0.15, -0.1) is 0 Å². The number of hydrogen-bond acceptors (Lipinski definition) is 3. The van der Waals surface area contributed by atoms with Crippen molar-refractivity contribution in [3.63, 3.8) is 0 Å². The van der Waals surface area contributed by atoms with Crippen LogP contribution in [0, 0.1) is 45.8 Å². The van der Waals surface area contributed by atoms with E-state index >= 15 is 0 Å². The molecule has 0 aromatic rings. The lowest BCUT2D eigenvalue weighted by Crippen LogP contribution is -2.53. The Hall–Kier alpha value is -1.34. The molecule has 0 spiro atoms. The summed E-state index contributed by atoms with van der Waals surface area (Å²) in [6.07, 6.45) is 11.6. The summed E-state index contributed by atoms with van der Waals surface area (Å²) in [4.78, 5) is 9.00. The van der Waals surface area contributed by atoms with Gasteiger partial charge in [-0.25, -0.2) is 0 Å². The Morgan fingerprint density at radius 3 is 2.46 bits per heavy atom. The molecular weight excluding hydrogens is 326 g/mol. The maximum absolute atomic E-state index is 10.5. The third-order valence-corrected chi connectivity index (χ3v) is 8.38. The molecule has 0 aliphatic heterocycles. The van der Waals surface area contributed by atoms with E-state index in [0.717, 1.165) is 55.4 Å². The van der Waals surface area contributed by atoms with Crippen molar-refractivity contribution < 1.29 is 15.0 Å². The molecule has 4 aliphatic rings.